The molecule has 0 radical (unpaired) electrons. The minimum absolute atomic E-state index is 0.124. The van der Waals surface area contributed by atoms with Crippen LogP contribution in [0.5, 0.6) is 0 Å². The van der Waals surface area contributed by atoms with Crippen LogP contribution in [0.4, 0.5) is 0 Å². The largest absolute Gasteiger partial charge is 0.458 e. The van der Waals surface area contributed by atoms with Crippen molar-refractivity contribution >= 4 is 35.5 Å². The molecular weight excluding hydrogens is 598 g/mol. The third kappa shape index (κ3) is 14.0. The Labute approximate surface area is 272 Å². The molecule has 46 heavy (non-hydrogen) atoms. The van der Waals surface area contributed by atoms with Crippen molar-refractivity contribution in [3.8, 4) is 0 Å². The minimum Gasteiger partial charge on any atom is -0.458 e. The lowest BCUT2D eigenvalue weighted by molar-refractivity contribution is -0.157. The molecule has 0 spiro atoms. The van der Waals surface area contributed by atoms with Crippen molar-refractivity contribution in [2.45, 2.75) is 142 Å². The first-order valence-corrected chi connectivity index (χ1v) is 16.7. The summed E-state index contributed by atoms with van der Waals surface area (Å²) in [4.78, 5) is 78.7. The summed E-state index contributed by atoms with van der Waals surface area (Å²) in [5.74, 6) is -5.73. The van der Waals surface area contributed by atoms with Crippen LogP contribution in [0.2, 0.25) is 0 Å². The monoisotopic (exact) mass is 655 g/mol. The highest BCUT2D eigenvalue weighted by molar-refractivity contribution is 5.96. The Morgan fingerprint density at radius 2 is 1.15 bits per heavy atom. The van der Waals surface area contributed by atoms with Gasteiger partial charge in [-0.05, 0) is 25.2 Å². The maximum Gasteiger partial charge on any atom is 0.329 e. The number of ether oxygens (including phenoxy) is 1. The molecule has 5 amide bonds. The second kappa shape index (κ2) is 21.5. The van der Waals surface area contributed by atoms with Gasteiger partial charge >= 0.3 is 5.97 Å². The smallest absolute Gasteiger partial charge is 0.329 e. The number of amides is 5. The predicted octanol–water partition coefficient (Wildman–Crippen LogP) is 0.573. The molecule has 1 aliphatic heterocycles. The van der Waals surface area contributed by atoms with Crippen molar-refractivity contribution in [1.82, 2.24) is 26.6 Å². The molecule has 1 rings (SSSR count). The van der Waals surface area contributed by atoms with E-state index in [-0.39, 0.29) is 6.42 Å². The van der Waals surface area contributed by atoms with E-state index in [1.165, 1.54) is 32.6 Å². The summed E-state index contributed by atoms with van der Waals surface area (Å²) in [5, 5.41) is 32.0. The molecule has 1 unspecified atom stereocenters. The van der Waals surface area contributed by atoms with Crippen LogP contribution in [0.25, 0.3) is 0 Å². The Kier molecular flexibility index (Phi) is 19.1. The van der Waals surface area contributed by atoms with Gasteiger partial charge < -0.3 is 41.5 Å². The number of esters is 1. The van der Waals surface area contributed by atoms with Gasteiger partial charge in [0.05, 0.1) is 13.2 Å². The molecule has 0 bridgehead atoms. The van der Waals surface area contributed by atoms with Crippen LogP contribution in [0.15, 0.2) is 0 Å². The van der Waals surface area contributed by atoms with E-state index >= 15 is 0 Å². The minimum atomic E-state index is -1.57. The van der Waals surface area contributed by atoms with E-state index < -0.39 is 96.9 Å². The van der Waals surface area contributed by atoms with E-state index in [0.717, 1.165) is 25.7 Å². The summed E-state index contributed by atoms with van der Waals surface area (Å²) < 4.78 is 5.59. The first kappa shape index (κ1) is 40.8. The molecule has 6 atom stereocenters. The fraction of sp³-hybridized carbons (Fsp3) is 0.812. The van der Waals surface area contributed by atoms with Crippen LogP contribution in [-0.2, 0) is 33.5 Å². The van der Waals surface area contributed by atoms with Crippen molar-refractivity contribution in [1.29, 1.82) is 0 Å². The molecule has 0 aliphatic carbocycles. The molecule has 14 nitrogen and oxygen atoms in total. The van der Waals surface area contributed by atoms with Gasteiger partial charge in [0.1, 0.15) is 36.3 Å². The normalized spacial score (nSPS) is 25.4. The quantitative estimate of drug-likeness (QED) is 0.0969. The molecular formula is C32H57N5O9. The summed E-state index contributed by atoms with van der Waals surface area (Å²) in [6.45, 7) is 8.54. The van der Waals surface area contributed by atoms with E-state index in [2.05, 4.69) is 33.5 Å². The van der Waals surface area contributed by atoms with E-state index in [1.807, 2.05) is 0 Å². The summed E-state index contributed by atoms with van der Waals surface area (Å²) in [6, 6.07) is -6.85. The lowest BCUT2D eigenvalue weighted by Gasteiger charge is -2.31. The van der Waals surface area contributed by atoms with Gasteiger partial charge in [0.15, 0.2) is 0 Å². The van der Waals surface area contributed by atoms with Gasteiger partial charge in [0.2, 0.25) is 29.5 Å². The first-order chi connectivity index (χ1) is 21.8. The molecule has 0 saturated carbocycles. The number of nitrogens with one attached hydrogen (secondary N) is 5. The molecule has 1 heterocycles. The van der Waals surface area contributed by atoms with Crippen LogP contribution in [0, 0.1) is 11.8 Å². The van der Waals surface area contributed by atoms with Crippen molar-refractivity contribution in [2.24, 2.45) is 11.8 Å². The zero-order valence-corrected chi connectivity index (χ0v) is 28.4. The Balaban J connectivity index is 3.20. The zero-order valence-electron chi connectivity index (χ0n) is 28.4. The van der Waals surface area contributed by atoms with E-state index in [4.69, 9.17) is 4.74 Å². The summed E-state index contributed by atoms with van der Waals surface area (Å²) in [7, 11) is 0. The Bertz CT molecular complexity index is 1010. The SMILES string of the molecule is CCCCCCCCCCCC(=O)N[C@@H]1C(=O)N[C@H](CO)C(=O)N[C@@H](CO)C(=O)N[C@H](C(C)C)C(=O)NC(C(C)C)C(=O)O[C@@H]1C. The molecule has 264 valence electrons. The van der Waals surface area contributed by atoms with Crippen LogP contribution in [-0.4, -0.2) is 95.2 Å². The average Bonchev–Trinajstić information content (AvgIpc) is 3.00. The fourth-order valence-corrected chi connectivity index (χ4v) is 5.01. The van der Waals surface area contributed by atoms with Gasteiger partial charge in [0.25, 0.3) is 0 Å². The van der Waals surface area contributed by atoms with Gasteiger partial charge in [-0.15, -0.1) is 0 Å². The van der Waals surface area contributed by atoms with Crippen LogP contribution >= 0.6 is 0 Å². The number of unbranched alkanes of at least 4 members (excludes halogenated alkanes) is 8. The number of aliphatic hydroxyl groups is 2. The lowest BCUT2D eigenvalue weighted by Crippen LogP contribution is -2.63. The Hall–Kier alpha value is -3.26. The second-order valence-corrected chi connectivity index (χ2v) is 12.7. The number of aliphatic hydroxyl groups excluding tert-OH is 2. The van der Waals surface area contributed by atoms with Gasteiger partial charge in [-0.25, -0.2) is 4.79 Å². The molecule has 1 fully saturated rings. The fourth-order valence-electron chi connectivity index (χ4n) is 5.01. The van der Waals surface area contributed by atoms with Crippen molar-refractivity contribution in [2.75, 3.05) is 13.2 Å². The highest BCUT2D eigenvalue weighted by Crippen LogP contribution is 2.13. The number of hydrogen-bond acceptors (Lipinski definition) is 9. The molecule has 0 aromatic carbocycles. The van der Waals surface area contributed by atoms with Crippen molar-refractivity contribution < 1.29 is 43.7 Å². The summed E-state index contributed by atoms with van der Waals surface area (Å²) in [6.07, 6.45) is 8.38. The average molecular weight is 656 g/mol. The van der Waals surface area contributed by atoms with Crippen LogP contribution in [0.3, 0.4) is 0 Å². The third-order valence-corrected chi connectivity index (χ3v) is 7.97. The molecule has 1 saturated heterocycles. The molecule has 1 aliphatic rings. The van der Waals surface area contributed by atoms with E-state index in [1.54, 1.807) is 27.7 Å². The molecule has 0 aromatic heterocycles. The van der Waals surface area contributed by atoms with E-state index in [0.29, 0.717) is 6.42 Å². The maximum atomic E-state index is 13.4. The van der Waals surface area contributed by atoms with Crippen LogP contribution < -0.4 is 26.6 Å². The predicted molar refractivity (Wildman–Crippen MR) is 171 cm³/mol. The standard InChI is InChI=1S/C32H57N5O9/c1-7-8-9-10-11-12-13-14-15-16-24(40)35-27-21(6)46-32(45)26(20(4)5)37-30(43)25(19(2)3)36-29(42)23(18-39)33-28(41)22(17-38)34-31(27)44/h19-23,25-27,38-39H,7-18H2,1-6H3,(H,33,41)(H,34,44)(H,35,40)(H,36,42)(H,37,43)/t21-,22-,23+,25-,26?,27+/m1/s1. The lowest BCUT2D eigenvalue weighted by atomic mass is 9.99. The number of carbonyl (C=O) groups is 6. The highest BCUT2D eigenvalue weighted by Gasteiger charge is 2.38. The number of hydrogen-bond donors (Lipinski definition) is 7. The second-order valence-electron chi connectivity index (χ2n) is 12.7. The molecule has 14 heteroatoms. The number of rotatable bonds is 15. The van der Waals surface area contributed by atoms with Gasteiger partial charge in [-0.2, -0.15) is 0 Å². The van der Waals surface area contributed by atoms with Gasteiger partial charge in [-0.3, -0.25) is 24.0 Å². The third-order valence-electron chi connectivity index (χ3n) is 7.97. The molecule has 0 aromatic rings. The highest BCUT2D eigenvalue weighted by atomic mass is 16.5. The number of carbonyl (C=O) groups excluding carboxylic acids is 6. The maximum absolute atomic E-state index is 13.4. The molecule has 7 N–H and O–H groups in total. The number of cyclic esters (lactones) is 1. The summed E-state index contributed by atoms with van der Waals surface area (Å²) >= 11 is 0. The van der Waals surface area contributed by atoms with Crippen LogP contribution in [0.1, 0.15) is 106 Å². The van der Waals surface area contributed by atoms with Gasteiger partial charge in [0, 0.05) is 6.42 Å². The Morgan fingerprint density at radius 1 is 0.696 bits per heavy atom. The van der Waals surface area contributed by atoms with Crippen molar-refractivity contribution in [3.63, 3.8) is 0 Å². The first-order valence-electron chi connectivity index (χ1n) is 16.7. The Morgan fingerprint density at radius 3 is 1.65 bits per heavy atom. The van der Waals surface area contributed by atoms with E-state index in [9.17, 15) is 39.0 Å². The topological polar surface area (TPSA) is 212 Å². The zero-order chi connectivity index (χ0) is 34.8. The van der Waals surface area contributed by atoms with Gasteiger partial charge in [-0.1, -0.05) is 86.0 Å². The van der Waals surface area contributed by atoms with Crippen molar-refractivity contribution in [3.05, 3.63) is 0 Å². The summed E-state index contributed by atoms with van der Waals surface area (Å²) in [5.41, 5.74) is 0.